The van der Waals surface area contributed by atoms with Crippen LogP contribution in [0.3, 0.4) is 0 Å². The number of hydrogen-bond acceptors (Lipinski definition) is 6. The smallest absolute Gasteiger partial charge is 0.410 e. The molecule has 1 aliphatic heterocycles. The Kier molecular flexibility index (Phi) is 8.02. The second-order valence-corrected chi connectivity index (χ2v) is 10.2. The van der Waals surface area contributed by atoms with Crippen LogP contribution in [0.15, 0.2) is 60.7 Å². The molecule has 3 aromatic rings. The lowest BCUT2D eigenvalue weighted by Crippen LogP contribution is -2.36. The van der Waals surface area contributed by atoms with Crippen molar-refractivity contribution in [1.29, 1.82) is 5.26 Å². The predicted octanol–water partition coefficient (Wildman–Crippen LogP) is 6.20. The molecule has 4 rings (SSSR count). The number of rotatable bonds is 6. The summed E-state index contributed by atoms with van der Waals surface area (Å²) in [6.45, 7) is 8.61. The summed E-state index contributed by atoms with van der Waals surface area (Å²) in [6, 6.07) is 20.8. The van der Waals surface area contributed by atoms with Gasteiger partial charge in [0.2, 0.25) is 0 Å². The van der Waals surface area contributed by atoms with Crippen LogP contribution in [0.5, 0.6) is 5.75 Å². The molecule has 1 fully saturated rings. The second-order valence-electron chi connectivity index (χ2n) is 10.2. The molecule has 1 heterocycles. The lowest BCUT2D eigenvalue weighted by Gasteiger charge is -2.24. The average Bonchev–Trinajstić information content (AvgIpc) is 3.35. The molecule has 0 saturated carbocycles. The van der Waals surface area contributed by atoms with E-state index >= 15 is 0 Å². The minimum absolute atomic E-state index is 0.135. The van der Waals surface area contributed by atoms with E-state index in [4.69, 9.17) is 14.2 Å². The molecule has 3 aromatic carbocycles. The van der Waals surface area contributed by atoms with Crippen molar-refractivity contribution in [3.05, 3.63) is 77.4 Å². The molecule has 0 spiro atoms. The summed E-state index contributed by atoms with van der Waals surface area (Å²) in [7, 11) is 0. The molecule has 0 bridgehead atoms. The summed E-state index contributed by atoms with van der Waals surface area (Å²) in [5, 5.41) is 11.2. The van der Waals surface area contributed by atoms with Crippen LogP contribution in [0.1, 0.15) is 50.8 Å². The van der Waals surface area contributed by atoms with Gasteiger partial charge in [-0.25, -0.2) is 9.59 Å². The third kappa shape index (κ3) is 6.71. The molecule has 1 saturated heterocycles. The van der Waals surface area contributed by atoms with Crippen LogP contribution in [0.25, 0.3) is 22.4 Å². The van der Waals surface area contributed by atoms with Crippen LogP contribution >= 0.6 is 0 Å². The first-order valence-corrected chi connectivity index (χ1v) is 12.7. The maximum Gasteiger partial charge on any atom is 0.410 e. The van der Waals surface area contributed by atoms with Crippen LogP contribution in [0.2, 0.25) is 0 Å². The Morgan fingerprint density at radius 2 is 1.79 bits per heavy atom. The predicted molar refractivity (Wildman–Crippen MR) is 146 cm³/mol. The number of amides is 1. The van der Waals surface area contributed by atoms with E-state index in [1.165, 1.54) is 0 Å². The minimum atomic E-state index is -0.539. The van der Waals surface area contributed by atoms with Crippen molar-refractivity contribution in [2.45, 2.75) is 45.8 Å². The SMILES string of the molecule is CCOC(=O)/C(=C\c1ccc2ccc(C#N)cc2c1)c1ccc(O[C@H]2CCN(C(=O)OC(C)(C)C)C2)cc1. The standard InChI is InChI=1S/C31H32N2O5/c1-5-36-29(34)28(18-21-6-8-23-9-7-22(19-32)17-25(23)16-21)24-10-12-26(13-11-24)37-27-14-15-33(20-27)30(35)38-31(2,3)4/h6-13,16-18,27H,5,14-15,20H2,1-4H3/b28-18-/t27-/m0/s1. The third-order valence-electron chi connectivity index (χ3n) is 6.06. The molecule has 1 atom stereocenters. The number of benzene rings is 3. The van der Waals surface area contributed by atoms with E-state index in [-0.39, 0.29) is 18.8 Å². The highest BCUT2D eigenvalue weighted by atomic mass is 16.6. The van der Waals surface area contributed by atoms with E-state index in [9.17, 15) is 14.9 Å². The highest BCUT2D eigenvalue weighted by molar-refractivity contribution is 6.21. The molecule has 0 aromatic heterocycles. The van der Waals surface area contributed by atoms with Gasteiger partial charge in [0.15, 0.2) is 0 Å². The zero-order chi connectivity index (χ0) is 27.3. The topological polar surface area (TPSA) is 88.9 Å². The summed E-state index contributed by atoms with van der Waals surface area (Å²) >= 11 is 0. The van der Waals surface area contributed by atoms with Crippen molar-refractivity contribution in [3.8, 4) is 11.8 Å². The highest BCUT2D eigenvalue weighted by Gasteiger charge is 2.31. The Labute approximate surface area is 223 Å². The number of nitriles is 1. The van der Waals surface area contributed by atoms with Crippen LogP contribution in [-0.2, 0) is 14.3 Å². The zero-order valence-electron chi connectivity index (χ0n) is 22.2. The molecular formula is C31H32N2O5. The molecule has 0 radical (unpaired) electrons. The quantitative estimate of drug-likeness (QED) is 0.222. The molecule has 0 unspecified atom stereocenters. The van der Waals surface area contributed by atoms with E-state index in [1.807, 2.05) is 75.4 Å². The molecule has 38 heavy (non-hydrogen) atoms. The molecule has 0 aliphatic carbocycles. The van der Waals surface area contributed by atoms with Crippen molar-refractivity contribution in [2.24, 2.45) is 0 Å². The zero-order valence-corrected chi connectivity index (χ0v) is 22.2. The Hall–Kier alpha value is -4.31. The van der Waals surface area contributed by atoms with Crippen molar-refractivity contribution < 1.29 is 23.8 Å². The summed E-state index contributed by atoms with van der Waals surface area (Å²) in [5.74, 6) is 0.235. The molecule has 1 amide bonds. The Bertz CT molecular complexity index is 1400. The highest BCUT2D eigenvalue weighted by Crippen LogP contribution is 2.27. The van der Waals surface area contributed by atoms with E-state index in [1.54, 1.807) is 24.0 Å². The average molecular weight is 513 g/mol. The summed E-state index contributed by atoms with van der Waals surface area (Å²) < 4.78 is 16.9. The fourth-order valence-corrected chi connectivity index (χ4v) is 4.28. The van der Waals surface area contributed by atoms with Gasteiger partial charge in [0.1, 0.15) is 17.5 Å². The number of carbonyl (C=O) groups excluding carboxylic acids is 2. The van der Waals surface area contributed by atoms with Gasteiger partial charge in [-0.15, -0.1) is 0 Å². The fraction of sp³-hybridized carbons (Fsp3) is 0.323. The van der Waals surface area contributed by atoms with Gasteiger partial charge in [0, 0.05) is 13.0 Å². The van der Waals surface area contributed by atoms with Crippen LogP contribution < -0.4 is 4.74 Å². The first-order valence-electron chi connectivity index (χ1n) is 12.7. The van der Waals surface area contributed by atoms with E-state index < -0.39 is 11.6 Å². The summed E-state index contributed by atoms with van der Waals surface area (Å²) in [4.78, 5) is 26.9. The Balaban J connectivity index is 1.51. The second kappa shape index (κ2) is 11.4. The normalized spacial score (nSPS) is 15.7. The summed E-state index contributed by atoms with van der Waals surface area (Å²) in [6.07, 6.45) is 2.04. The van der Waals surface area contributed by atoms with Gasteiger partial charge in [-0.1, -0.05) is 30.3 Å². The molecule has 7 nitrogen and oxygen atoms in total. The van der Waals surface area contributed by atoms with Crippen molar-refractivity contribution >= 4 is 34.5 Å². The number of nitrogens with zero attached hydrogens (tertiary/aromatic N) is 2. The van der Waals surface area contributed by atoms with E-state index in [0.717, 1.165) is 16.3 Å². The van der Waals surface area contributed by atoms with Gasteiger partial charge in [0.05, 0.1) is 30.4 Å². The summed E-state index contributed by atoms with van der Waals surface area (Å²) in [5.41, 5.74) is 1.98. The third-order valence-corrected chi connectivity index (χ3v) is 6.06. The van der Waals surface area contributed by atoms with Gasteiger partial charge < -0.3 is 19.1 Å². The van der Waals surface area contributed by atoms with Gasteiger partial charge in [-0.05, 0) is 86.0 Å². The Morgan fingerprint density at radius 3 is 2.47 bits per heavy atom. The van der Waals surface area contributed by atoms with Crippen molar-refractivity contribution in [3.63, 3.8) is 0 Å². The van der Waals surface area contributed by atoms with Gasteiger partial charge >= 0.3 is 12.1 Å². The minimum Gasteiger partial charge on any atom is -0.489 e. The molecule has 7 heteroatoms. The van der Waals surface area contributed by atoms with Gasteiger partial charge in [-0.3, -0.25) is 0 Å². The maximum atomic E-state index is 12.9. The van der Waals surface area contributed by atoms with Crippen LogP contribution in [0, 0.1) is 11.3 Å². The maximum absolute atomic E-state index is 12.9. The van der Waals surface area contributed by atoms with Crippen molar-refractivity contribution in [1.82, 2.24) is 4.90 Å². The number of hydrogen-bond donors (Lipinski definition) is 0. The number of carbonyl (C=O) groups is 2. The van der Waals surface area contributed by atoms with Crippen LogP contribution in [0.4, 0.5) is 4.79 Å². The first-order chi connectivity index (χ1) is 18.1. The molecule has 196 valence electrons. The number of esters is 1. The van der Waals surface area contributed by atoms with E-state index in [0.29, 0.717) is 42.0 Å². The molecule has 0 N–H and O–H groups in total. The molecular weight excluding hydrogens is 480 g/mol. The largest absolute Gasteiger partial charge is 0.489 e. The number of ether oxygens (including phenoxy) is 3. The van der Waals surface area contributed by atoms with Gasteiger partial charge in [0.25, 0.3) is 0 Å². The number of fused-ring (bicyclic) bond motifs is 1. The lowest BCUT2D eigenvalue weighted by atomic mass is 10.00. The van der Waals surface area contributed by atoms with Crippen LogP contribution in [-0.4, -0.2) is 48.4 Å². The van der Waals surface area contributed by atoms with E-state index in [2.05, 4.69) is 6.07 Å². The lowest BCUT2D eigenvalue weighted by molar-refractivity contribution is -0.136. The molecule has 1 aliphatic rings. The van der Waals surface area contributed by atoms with Crippen molar-refractivity contribution in [2.75, 3.05) is 19.7 Å². The Morgan fingerprint density at radius 1 is 1.05 bits per heavy atom. The first kappa shape index (κ1) is 26.7. The fourth-order valence-electron chi connectivity index (χ4n) is 4.28. The monoisotopic (exact) mass is 512 g/mol. The number of likely N-dealkylation sites (tertiary alicyclic amines) is 1. The van der Waals surface area contributed by atoms with Gasteiger partial charge in [-0.2, -0.15) is 5.26 Å².